The van der Waals surface area contributed by atoms with Gasteiger partial charge >= 0.3 is 0 Å². The molecule has 1 aromatic heterocycles. The molecule has 0 radical (unpaired) electrons. The van der Waals surface area contributed by atoms with E-state index in [1.165, 1.54) is 11.3 Å². The molecule has 0 bridgehead atoms. The first-order valence-corrected chi connectivity index (χ1v) is 6.46. The van der Waals surface area contributed by atoms with Gasteiger partial charge in [0.1, 0.15) is 4.88 Å². The number of hydrogen-bond donors (Lipinski definition) is 1. The van der Waals surface area contributed by atoms with Gasteiger partial charge in [0.15, 0.2) is 0 Å². The zero-order valence-electron chi connectivity index (χ0n) is 9.69. The van der Waals surface area contributed by atoms with Crippen LogP contribution in [0, 0.1) is 6.92 Å². The van der Waals surface area contributed by atoms with Gasteiger partial charge < -0.3 is 10.2 Å². The molecule has 1 amide bonds. The third-order valence-corrected chi connectivity index (χ3v) is 4.03. The lowest BCUT2D eigenvalue weighted by atomic mass is 10.1. The van der Waals surface area contributed by atoms with Gasteiger partial charge in [-0.2, -0.15) is 0 Å². The van der Waals surface area contributed by atoms with Crippen LogP contribution in [-0.2, 0) is 0 Å². The van der Waals surface area contributed by atoms with Gasteiger partial charge in [0.25, 0.3) is 5.91 Å². The molecule has 0 unspecified atom stereocenters. The molecule has 5 heteroatoms. The first kappa shape index (κ1) is 11.5. The quantitative estimate of drug-likeness (QED) is 0.845. The monoisotopic (exact) mass is 239 g/mol. The number of hydrogen-bond acceptors (Lipinski definition) is 4. The lowest BCUT2D eigenvalue weighted by Gasteiger charge is -2.31. The molecule has 4 nitrogen and oxygen atoms in total. The molecule has 88 valence electrons. The van der Waals surface area contributed by atoms with E-state index < -0.39 is 0 Å². The fraction of sp³-hybridized carbons (Fsp3) is 0.636. The van der Waals surface area contributed by atoms with Crippen molar-refractivity contribution >= 4 is 17.2 Å². The standard InChI is InChI=1S/C11H17N3OS/c1-8-10(16-7-13-8)11(15)14(2)9-3-5-12-6-4-9/h7,9,12H,3-6H2,1-2H3. The number of thiazole rings is 1. The lowest BCUT2D eigenvalue weighted by Crippen LogP contribution is -2.43. The summed E-state index contributed by atoms with van der Waals surface area (Å²) in [6.45, 7) is 3.90. The van der Waals surface area contributed by atoms with E-state index in [0.29, 0.717) is 6.04 Å². The molecule has 2 rings (SSSR count). The highest BCUT2D eigenvalue weighted by Gasteiger charge is 2.24. The van der Waals surface area contributed by atoms with Crippen molar-refractivity contribution in [3.8, 4) is 0 Å². The largest absolute Gasteiger partial charge is 0.338 e. The minimum absolute atomic E-state index is 0.118. The Morgan fingerprint density at radius 3 is 2.81 bits per heavy atom. The molecule has 1 aromatic rings. The van der Waals surface area contributed by atoms with E-state index >= 15 is 0 Å². The summed E-state index contributed by atoms with van der Waals surface area (Å²) >= 11 is 1.43. The van der Waals surface area contributed by atoms with Gasteiger partial charge in [-0.1, -0.05) is 0 Å². The molecule has 1 N–H and O–H groups in total. The van der Waals surface area contributed by atoms with E-state index in [2.05, 4.69) is 10.3 Å². The van der Waals surface area contributed by atoms with Crippen molar-refractivity contribution in [2.45, 2.75) is 25.8 Å². The Labute approximate surface area is 99.7 Å². The maximum atomic E-state index is 12.2. The van der Waals surface area contributed by atoms with Crippen LogP contribution in [0.1, 0.15) is 28.2 Å². The van der Waals surface area contributed by atoms with E-state index in [0.717, 1.165) is 36.5 Å². The number of rotatable bonds is 2. The number of aromatic nitrogens is 1. The van der Waals surface area contributed by atoms with Crippen molar-refractivity contribution in [3.63, 3.8) is 0 Å². The zero-order chi connectivity index (χ0) is 11.5. The summed E-state index contributed by atoms with van der Waals surface area (Å²) in [5.74, 6) is 0.118. The summed E-state index contributed by atoms with van der Waals surface area (Å²) in [6.07, 6.45) is 2.08. The Morgan fingerprint density at radius 2 is 2.25 bits per heavy atom. The van der Waals surface area contributed by atoms with Gasteiger partial charge in [0.05, 0.1) is 11.2 Å². The molecule has 1 aliphatic heterocycles. The highest BCUT2D eigenvalue weighted by molar-refractivity contribution is 7.11. The van der Waals surface area contributed by atoms with Crippen LogP contribution in [0.5, 0.6) is 0 Å². The van der Waals surface area contributed by atoms with E-state index in [9.17, 15) is 4.79 Å². The third kappa shape index (κ3) is 2.25. The topological polar surface area (TPSA) is 45.2 Å². The molecule has 0 atom stereocenters. The predicted octanol–water partition coefficient (Wildman–Crippen LogP) is 1.28. The second kappa shape index (κ2) is 4.93. The first-order valence-electron chi connectivity index (χ1n) is 5.58. The van der Waals surface area contributed by atoms with Crippen LogP contribution in [0.2, 0.25) is 0 Å². The number of carbonyl (C=O) groups excluding carboxylic acids is 1. The van der Waals surface area contributed by atoms with Crippen LogP contribution in [0.25, 0.3) is 0 Å². The second-order valence-corrected chi connectivity index (χ2v) is 5.02. The molecule has 0 aliphatic carbocycles. The highest BCUT2D eigenvalue weighted by atomic mass is 32.1. The molecule has 1 aliphatic rings. The van der Waals surface area contributed by atoms with E-state index in [1.807, 2.05) is 18.9 Å². The fourth-order valence-electron chi connectivity index (χ4n) is 2.03. The molecular formula is C11H17N3OS. The fourth-order valence-corrected chi connectivity index (χ4v) is 2.81. The molecule has 0 spiro atoms. The van der Waals surface area contributed by atoms with Gasteiger partial charge in [0, 0.05) is 13.1 Å². The zero-order valence-corrected chi connectivity index (χ0v) is 10.5. The molecule has 2 heterocycles. The summed E-state index contributed by atoms with van der Waals surface area (Å²) in [5, 5.41) is 3.31. The molecular weight excluding hydrogens is 222 g/mol. The van der Waals surface area contributed by atoms with Gasteiger partial charge in [-0.05, 0) is 32.9 Å². The van der Waals surface area contributed by atoms with Crippen molar-refractivity contribution in [1.29, 1.82) is 0 Å². The number of amides is 1. The summed E-state index contributed by atoms with van der Waals surface area (Å²) in [7, 11) is 1.90. The first-order chi connectivity index (χ1) is 7.70. The minimum Gasteiger partial charge on any atom is -0.338 e. The summed E-state index contributed by atoms with van der Waals surface area (Å²) < 4.78 is 0. The van der Waals surface area contributed by atoms with Crippen LogP contribution in [0.4, 0.5) is 0 Å². The normalized spacial score (nSPS) is 17.4. The number of piperidine rings is 1. The Balaban J connectivity index is 2.06. The smallest absolute Gasteiger partial charge is 0.265 e. The average Bonchev–Trinajstić information content (AvgIpc) is 2.75. The molecule has 1 fully saturated rings. The van der Waals surface area contributed by atoms with E-state index in [4.69, 9.17) is 0 Å². The van der Waals surface area contributed by atoms with Crippen LogP contribution < -0.4 is 5.32 Å². The maximum absolute atomic E-state index is 12.2. The van der Waals surface area contributed by atoms with Crippen molar-refractivity contribution in [2.75, 3.05) is 20.1 Å². The Hall–Kier alpha value is -0.940. The minimum atomic E-state index is 0.118. The van der Waals surface area contributed by atoms with Gasteiger partial charge in [-0.25, -0.2) is 4.98 Å². The molecule has 16 heavy (non-hydrogen) atoms. The molecule has 0 saturated carbocycles. The van der Waals surface area contributed by atoms with Crippen LogP contribution in [-0.4, -0.2) is 42.0 Å². The number of aryl methyl sites for hydroxylation is 1. The number of carbonyl (C=O) groups is 1. The van der Waals surface area contributed by atoms with Crippen molar-refractivity contribution < 1.29 is 4.79 Å². The van der Waals surface area contributed by atoms with Crippen molar-refractivity contribution in [1.82, 2.24) is 15.2 Å². The Kier molecular flexibility index (Phi) is 3.56. The highest BCUT2D eigenvalue weighted by Crippen LogP contribution is 2.18. The number of nitrogens with zero attached hydrogens (tertiary/aromatic N) is 2. The lowest BCUT2D eigenvalue weighted by molar-refractivity contribution is 0.0707. The van der Waals surface area contributed by atoms with Gasteiger partial charge in [-0.3, -0.25) is 4.79 Å². The Morgan fingerprint density at radius 1 is 1.56 bits per heavy atom. The molecule has 1 saturated heterocycles. The van der Waals surface area contributed by atoms with Crippen molar-refractivity contribution in [2.24, 2.45) is 0 Å². The summed E-state index contributed by atoms with van der Waals surface area (Å²) in [6, 6.07) is 0.371. The van der Waals surface area contributed by atoms with E-state index in [-0.39, 0.29) is 5.91 Å². The summed E-state index contributed by atoms with van der Waals surface area (Å²) in [5.41, 5.74) is 2.58. The van der Waals surface area contributed by atoms with Crippen molar-refractivity contribution in [3.05, 3.63) is 16.1 Å². The van der Waals surface area contributed by atoms with E-state index in [1.54, 1.807) is 5.51 Å². The predicted molar refractivity (Wildman–Crippen MR) is 64.8 cm³/mol. The SMILES string of the molecule is Cc1ncsc1C(=O)N(C)C1CCNCC1. The van der Waals surface area contributed by atoms with Crippen LogP contribution in [0.15, 0.2) is 5.51 Å². The third-order valence-electron chi connectivity index (χ3n) is 3.12. The van der Waals surface area contributed by atoms with Gasteiger partial charge in [-0.15, -0.1) is 11.3 Å². The van der Waals surface area contributed by atoms with Gasteiger partial charge in [0.2, 0.25) is 0 Å². The summed E-state index contributed by atoms with van der Waals surface area (Å²) in [4.78, 5) is 19.0. The maximum Gasteiger partial charge on any atom is 0.265 e. The molecule has 0 aromatic carbocycles. The Bertz CT molecular complexity index is 371. The average molecular weight is 239 g/mol. The van der Waals surface area contributed by atoms with Crippen LogP contribution in [0.3, 0.4) is 0 Å². The number of nitrogens with one attached hydrogen (secondary N) is 1. The van der Waals surface area contributed by atoms with Crippen LogP contribution >= 0.6 is 11.3 Å². The second-order valence-electron chi connectivity index (χ2n) is 4.16.